The number of carbonyl (C=O) groups is 2. The first-order valence-electron chi connectivity index (χ1n) is 12.2. The highest BCUT2D eigenvalue weighted by Crippen LogP contribution is 2.41. The second-order valence-electron chi connectivity index (χ2n) is 9.43. The lowest BCUT2D eigenvalue weighted by Gasteiger charge is -2.29. The fourth-order valence-electron chi connectivity index (χ4n) is 4.90. The summed E-state index contributed by atoms with van der Waals surface area (Å²) in [7, 11) is 1.59. The van der Waals surface area contributed by atoms with Crippen molar-refractivity contribution >= 4 is 46.8 Å². The minimum atomic E-state index is -0.372. The first kappa shape index (κ1) is 25.7. The van der Waals surface area contributed by atoms with Crippen molar-refractivity contribution in [2.45, 2.75) is 39.3 Å². The van der Waals surface area contributed by atoms with Crippen molar-refractivity contribution in [3.8, 4) is 5.75 Å². The molecule has 0 bridgehead atoms. The number of carbonyl (C=O) groups excluding carboxylic acids is 2. The average molecular weight is 538 g/mol. The molecule has 0 aliphatic carbocycles. The van der Waals surface area contributed by atoms with Gasteiger partial charge in [0.2, 0.25) is 5.95 Å². The molecule has 2 aliphatic heterocycles. The number of methoxy groups -OCH3 is 1. The summed E-state index contributed by atoms with van der Waals surface area (Å²) in [6.45, 7) is 4.89. The Morgan fingerprint density at radius 3 is 2.76 bits per heavy atom. The van der Waals surface area contributed by atoms with Crippen LogP contribution in [0.1, 0.15) is 51.3 Å². The van der Waals surface area contributed by atoms with Gasteiger partial charge in [0.25, 0.3) is 11.8 Å². The molecule has 0 radical (unpaired) electrons. The van der Waals surface area contributed by atoms with Crippen molar-refractivity contribution in [1.29, 1.82) is 0 Å². The standard InChI is InChI=1S/C26H28ClN7O4/c1-13-10-30-19(14(2)21(13)38-3)12-34-23-20(22(27)31-26(28)32-23)18(25(34)37)9-16-8-15(11-29-16)24(36)33-6-4-17(35)5-7-33/h8-11,17,29,35H,4-7,12H2,1-3H3,(H2,28,31,32). The number of likely N-dealkylation sites (tertiary alicyclic amines) is 1. The number of hydrogen-bond donors (Lipinski definition) is 3. The molecule has 5 rings (SSSR count). The molecule has 11 nitrogen and oxygen atoms in total. The lowest BCUT2D eigenvalue weighted by Crippen LogP contribution is -2.39. The second kappa shape index (κ2) is 10.1. The lowest BCUT2D eigenvalue weighted by atomic mass is 10.1. The van der Waals surface area contributed by atoms with Crippen LogP contribution in [0.4, 0.5) is 11.8 Å². The summed E-state index contributed by atoms with van der Waals surface area (Å²) in [5, 5.41) is 9.78. The zero-order chi connectivity index (χ0) is 27.1. The van der Waals surface area contributed by atoms with Crippen molar-refractivity contribution in [2.75, 3.05) is 30.8 Å². The van der Waals surface area contributed by atoms with E-state index in [1.807, 2.05) is 13.8 Å². The second-order valence-corrected chi connectivity index (χ2v) is 9.79. The number of amides is 2. The number of aliphatic hydroxyl groups is 1. The predicted octanol–water partition coefficient (Wildman–Crippen LogP) is 2.75. The van der Waals surface area contributed by atoms with Gasteiger partial charge in [-0.05, 0) is 38.8 Å². The van der Waals surface area contributed by atoms with Gasteiger partial charge >= 0.3 is 0 Å². The third-order valence-electron chi connectivity index (χ3n) is 6.93. The summed E-state index contributed by atoms with van der Waals surface area (Å²) in [6, 6.07) is 1.68. The molecule has 0 atom stereocenters. The number of nitrogen functional groups attached to an aromatic ring is 1. The number of piperidine rings is 1. The number of pyridine rings is 1. The number of halogens is 1. The molecule has 2 amide bonds. The minimum Gasteiger partial charge on any atom is -0.496 e. The Morgan fingerprint density at radius 1 is 1.32 bits per heavy atom. The van der Waals surface area contributed by atoms with Gasteiger partial charge in [-0.25, -0.2) is 4.98 Å². The number of hydrogen-bond acceptors (Lipinski definition) is 8. The number of aryl methyl sites for hydroxylation is 1. The van der Waals surface area contributed by atoms with E-state index in [0.29, 0.717) is 54.2 Å². The Hall–Kier alpha value is -3.96. The van der Waals surface area contributed by atoms with Crippen molar-refractivity contribution in [2.24, 2.45) is 0 Å². The largest absolute Gasteiger partial charge is 0.496 e. The number of aromatic nitrogens is 4. The highest BCUT2D eigenvalue weighted by atomic mass is 35.5. The molecule has 198 valence electrons. The van der Waals surface area contributed by atoms with Crippen LogP contribution in [0, 0.1) is 13.8 Å². The maximum Gasteiger partial charge on any atom is 0.260 e. The average Bonchev–Trinajstić information content (AvgIpc) is 3.45. The molecule has 0 aromatic carbocycles. The fraction of sp³-hybridized carbons (Fsp3) is 0.346. The van der Waals surface area contributed by atoms with E-state index in [1.54, 1.807) is 36.5 Å². The third-order valence-corrected chi connectivity index (χ3v) is 7.20. The summed E-state index contributed by atoms with van der Waals surface area (Å²) in [5.74, 6) is 0.439. The molecule has 4 N–H and O–H groups in total. The van der Waals surface area contributed by atoms with Crippen LogP contribution in [0.3, 0.4) is 0 Å². The fourth-order valence-corrected chi connectivity index (χ4v) is 5.17. The molecule has 0 saturated carbocycles. The van der Waals surface area contributed by atoms with Gasteiger partial charge in [-0.1, -0.05) is 11.6 Å². The predicted molar refractivity (Wildman–Crippen MR) is 143 cm³/mol. The number of aliphatic hydroxyl groups excluding tert-OH is 1. The molecule has 1 saturated heterocycles. The Balaban J connectivity index is 1.48. The summed E-state index contributed by atoms with van der Waals surface area (Å²) < 4.78 is 5.52. The number of H-pyrrole nitrogens is 1. The van der Waals surface area contributed by atoms with Crippen LogP contribution < -0.4 is 15.4 Å². The van der Waals surface area contributed by atoms with Crippen molar-refractivity contribution in [3.63, 3.8) is 0 Å². The van der Waals surface area contributed by atoms with Crippen LogP contribution in [0.15, 0.2) is 18.5 Å². The van der Waals surface area contributed by atoms with E-state index in [9.17, 15) is 14.7 Å². The van der Waals surface area contributed by atoms with Crippen LogP contribution in [0.5, 0.6) is 5.75 Å². The first-order valence-corrected chi connectivity index (χ1v) is 12.6. The Morgan fingerprint density at radius 2 is 2.05 bits per heavy atom. The van der Waals surface area contributed by atoms with E-state index < -0.39 is 0 Å². The summed E-state index contributed by atoms with van der Waals surface area (Å²) in [4.78, 5) is 45.8. The topological polar surface area (TPSA) is 151 Å². The van der Waals surface area contributed by atoms with Gasteiger partial charge in [-0.2, -0.15) is 4.98 Å². The Kier molecular flexibility index (Phi) is 6.80. The molecule has 12 heteroatoms. The van der Waals surface area contributed by atoms with Crippen LogP contribution >= 0.6 is 11.6 Å². The van der Waals surface area contributed by atoms with Crippen LogP contribution in [0.2, 0.25) is 5.15 Å². The molecular weight excluding hydrogens is 510 g/mol. The summed E-state index contributed by atoms with van der Waals surface area (Å²) >= 11 is 6.46. The quantitative estimate of drug-likeness (QED) is 0.332. The van der Waals surface area contributed by atoms with E-state index in [4.69, 9.17) is 22.1 Å². The van der Waals surface area contributed by atoms with E-state index in [0.717, 1.165) is 11.1 Å². The number of anilines is 2. The SMILES string of the molecule is COc1c(C)cnc(CN2C(=O)C(=Cc3cc(C(=O)N4CCC(O)CC4)c[nH]3)c3c(Cl)nc(N)nc32)c1C. The third kappa shape index (κ3) is 4.59. The number of nitrogens with two attached hydrogens (primary N) is 1. The lowest BCUT2D eigenvalue weighted by molar-refractivity contribution is -0.113. The zero-order valence-corrected chi connectivity index (χ0v) is 22.0. The normalized spacial score (nSPS) is 16.9. The highest BCUT2D eigenvalue weighted by Gasteiger charge is 2.37. The van der Waals surface area contributed by atoms with E-state index in [1.165, 1.54) is 4.90 Å². The van der Waals surface area contributed by atoms with E-state index >= 15 is 0 Å². The smallest absolute Gasteiger partial charge is 0.260 e. The van der Waals surface area contributed by atoms with Crippen LogP contribution in [-0.2, 0) is 11.3 Å². The minimum absolute atomic E-state index is 0.0514. The summed E-state index contributed by atoms with van der Waals surface area (Å²) in [6.07, 6.45) is 5.65. The molecule has 5 heterocycles. The molecule has 3 aromatic rings. The van der Waals surface area contributed by atoms with E-state index in [2.05, 4.69) is 19.9 Å². The van der Waals surface area contributed by atoms with Crippen molar-refractivity contribution in [1.82, 2.24) is 24.8 Å². The van der Waals surface area contributed by atoms with Gasteiger partial charge in [0.1, 0.15) is 10.9 Å². The van der Waals surface area contributed by atoms with Gasteiger partial charge in [0, 0.05) is 42.3 Å². The highest BCUT2D eigenvalue weighted by molar-refractivity contribution is 6.41. The Bertz CT molecular complexity index is 1460. The molecule has 2 aliphatic rings. The van der Waals surface area contributed by atoms with Crippen LogP contribution in [-0.4, -0.2) is 68.1 Å². The van der Waals surface area contributed by atoms with E-state index in [-0.39, 0.29) is 47.0 Å². The number of rotatable bonds is 5. The monoisotopic (exact) mass is 537 g/mol. The number of aromatic amines is 1. The maximum atomic E-state index is 13.7. The number of nitrogens with one attached hydrogen (secondary N) is 1. The van der Waals surface area contributed by atoms with Gasteiger partial charge < -0.3 is 25.5 Å². The maximum absolute atomic E-state index is 13.7. The first-order chi connectivity index (χ1) is 18.2. The van der Waals surface area contributed by atoms with Gasteiger partial charge in [-0.15, -0.1) is 0 Å². The molecule has 3 aromatic heterocycles. The van der Waals surface area contributed by atoms with Gasteiger partial charge in [0.05, 0.1) is 42.2 Å². The molecular formula is C26H28ClN7O4. The molecule has 0 unspecified atom stereocenters. The van der Waals surface area contributed by atoms with Gasteiger partial charge in [-0.3, -0.25) is 19.5 Å². The van der Waals surface area contributed by atoms with Crippen LogP contribution in [0.25, 0.3) is 11.6 Å². The van der Waals surface area contributed by atoms with Crippen molar-refractivity contribution in [3.05, 3.63) is 57.3 Å². The number of fused-ring (bicyclic) bond motifs is 1. The number of nitrogens with zero attached hydrogens (tertiary/aromatic N) is 5. The number of ether oxygens (including phenoxy) is 1. The van der Waals surface area contributed by atoms with Crippen molar-refractivity contribution < 1.29 is 19.4 Å². The van der Waals surface area contributed by atoms with Gasteiger partial charge in [0.15, 0.2) is 5.82 Å². The molecule has 1 fully saturated rings. The molecule has 38 heavy (non-hydrogen) atoms. The summed E-state index contributed by atoms with van der Waals surface area (Å²) in [5.41, 5.74) is 9.84. The zero-order valence-electron chi connectivity index (χ0n) is 21.3. The Labute approximate surface area is 224 Å². The molecule has 0 spiro atoms.